The zero-order chi connectivity index (χ0) is 12.7. The summed E-state index contributed by atoms with van der Waals surface area (Å²) in [6, 6.07) is 0.246. The topological polar surface area (TPSA) is 89.0 Å². The maximum Gasteiger partial charge on any atom is 0.322 e. The number of ether oxygens (including phenoxy) is 1. The van der Waals surface area contributed by atoms with Crippen LogP contribution in [0.15, 0.2) is 0 Å². The number of rotatable bonds is 7. The molecule has 0 aliphatic rings. The quantitative estimate of drug-likeness (QED) is 0.718. The first-order chi connectivity index (χ1) is 8.15. The lowest BCUT2D eigenvalue weighted by Gasteiger charge is -2.07. The van der Waals surface area contributed by atoms with Crippen molar-refractivity contribution >= 4 is 22.7 Å². The lowest BCUT2D eigenvalue weighted by atomic mass is 10.7. The SMILES string of the molecule is CCNc1nc(NCCS(C)=O)nc(OC)n1. The van der Waals surface area contributed by atoms with Crippen molar-refractivity contribution in [1.82, 2.24) is 15.0 Å². The van der Waals surface area contributed by atoms with Crippen LogP contribution in [0.3, 0.4) is 0 Å². The zero-order valence-electron chi connectivity index (χ0n) is 10.2. The summed E-state index contributed by atoms with van der Waals surface area (Å²) in [6.45, 7) is 3.21. The van der Waals surface area contributed by atoms with E-state index in [0.717, 1.165) is 0 Å². The van der Waals surface area contributed by atoms with Crippen LogP contribution < -0.4 is 15.4 Å². The van der Waals surface area contributed by atoms with Crippen molar-refractivity contribution in [2.75, 3.05) is 42.8 Å². The van der Waals surface area contributed by atoms with Gasteiger partial charge in [-0.25, -0.2) is 0 Å². The summed E-state index contributed by atoms with van der Waals surface area (Å²) in [5, 5.41) is 5.95. The van der Waals surface area contributed by atoms with Crippen LogP contribution >= 0.6 is 0 Å². The summed E-state index contributed by atoms with van der Waals surface area (Å²) in [4.78, 5) is 12.2. The number of aromatic nitrogens is 3. The minimum atomic E-state index is -0.836. The summed E-state index contributed by atoms with van der Waals surface area (Å²) in [6.07, 6.45) is 1.65. The van der Waals surface area contributed by atoms with Crippen molar-refractivity contribution in [3.05, 3.63) is 0 Å². The van der Waals surface area contributed by atoms with Crippen LogP contribution in [-0.4, -0.2) is 51.4 Å². The van der Waals surface area contributed by atoms with E-state index >= 15 is 0 Å². The van der Waals surface area contributed by atoms with Gasteiger partial charge in [0.05, 0.1) is 7.11 Å². The van der Waals surface area contributed by atoms with Crippen LogP contribution in [0.1, 0.15) is 6.92 Å². The molecule has 8 heteroatoms. The molecule has 0 spiro atoms. The largest absolute Gasteiger partial charge is 0.467 e. The van der Waals surface area contributed by atoms with Gasteiger partial charge in [-0.2, -0.15) is 15.0 Å². The van der Waals surface area contributed by atoms with Crippen molar-refractivity contribution in [1.29, 1.82) is 0 Å². The third kappa shape index (κ3) is 4.94. The van der Waals surface area contributed by atoms with Gasteiger partial charge in [0.1, 0.15) is 0 Å². The first-order valence-corrected chi connectivity index (χ1v) is 6.96. The zero-order valence-corrected chi connectivity index (χ0v) is 11.0. The molecule has 7 nitrogen and oxygen atoms in total. The van der Waals surface area contributed by atoms with E-state index < -0.39 is 10.8 Å². The van der Waals surface area contributed by atoms with E-state index in [9.17, 15) is 4.21 Å². The third-order valence-electron chi connectivity index (χ3n) is 1.80. The Morgan fingerprint density at radius 2 is 1.88 bits per heavy atom. The normalized spacial score (nSPS) is 11.9. The van der Waals surface area contributed by atoms with Gasteiger partial charge >= 0.3 is 6.01 Å². The second kappa shape index (κ2) is 7.00. The number of hydrogen-bond acceptors (Lipinski definition) is 7. The highest BCUT2D eigenvalue weighted by Gasteiger charge is 2.05. The van der Waals surface area contributed by atoms with Crippen LogP contribution in [0, 0.1) is 0 Å². The molecule has 0 aliphatic heterocycles. The van der Waals surface area contributed by atoms with E-state index in [-0.39, 0.29) is 6.01 Å². The molecule has 0 aliphatic carbocycles. The first kappa shape index (κ1) is 13.6. The molecule has 17 heavy (non-hydrogen) atoms. The molecule has 2 N–H and O–H groups in total. The summed E-state index contributed by atoms with van der Waals surface area (Å²) < 4.78 is 15.9. The Labute approximate surface area is 103 Å². The maximum atomic E-state index is 10.9. The van der Waals surface area contributed by atoms with Gasteiger partial charge in [0, 0.05) is 35.9 Å². The molecule has 1 rings (SSSR count). The van der Waals surface area contributed by atoms with E-state index in [1.165, 1.54) is 7.11 Å². The number of methoxy groups -OCH3 is 1. The molecule has 0 saturated carbocycles. The molecule has 0 bridgehead atoms. The monoisotopic (exact) mass is 259 g/mol. The molecule has 1 heterocycles. The van der Waals surface area contributed by atoms with E-state index in [1.807, 2.05) is 6.92 Å². The molecule has 1 aromatic rings. The van der Waals surface area contributed by atoms with Crippen LogP contribution in [-0.2, 0) is 10.8 Å². The Morgan fingerprint density at radius 1 is 1.24 bits per heavy atom. The molecule has 0 radical (unpaired) electrons. The van der Waals surface area contributed by atoms with Gasteiger partial charge in [0.15, 0.2) is 0 Å². The van der Waals surface area contributed by atoms with Gasteiger partial charge in [0.25, 0.3) is 0 Å². The predicted molar refractivity (Wildman–Crippen MR) is 68.0 cm³/mol. The molecule has 1 unspecified atom stereocenters. The summed E-state index contributed by atoms with van der Waals surface area (Å²) in [5.41, 5.74) is 0. The highest BCUT2D eigenvalue weighted by molar-refractivity contribution is 7.84. The maximum absolute atomic E-state index is 10.9. The Balaban J connectivity index is 2.69. The highest BCUT2D eigenvalue weighted by atomic mass is 32.2. The van der Waals surface area contributed by atoms with Crippen molar-refractivity contribution < 1.29 is 8.95 Å². The van der Waals surface area contributed by atoms with Crippen molar-refractivity contribution in [2.24, 2.45) is 0 Å². The van der Waals surface area contributed by atoms with Crippen LogP contribution in [0.5, 0.6) is 6.01 Å². The fraction of sp³-hybridized carbons (Fsp3) is 0.667. The molecular weight excluding hydrogens is 242 g/mol. The molecule has 1 atom stereocenters. The molecule has 96 valence electrons. The Bertz CT molecular complexity index is 388. The van der Waals surface area contributed by atoms with Gasteiger partial charge in [-0.3, -0.25) is 4.21 Å². The fourth-order valence-corrected chi connectivity index (χ4v) is 1.46. The Morgan fingerprint density at radius 3 is 2.41 bits per heavy atom. The number of nitrogens with one attached hydrogen (secondary N) is 2. The minimum Gasteiger partial charge on any atom is -0.467 e. The van der Waals surface area contributed by atoms with Gasteiger partial charge in [-0.05, 0) is 6.92 Å². The average Bonchev–Trinajstić information content (AvgIpc) is 2.28. The van der Waals surface area contributed by atoms with Crippen molar-refractivity contribution in [3.8, 4) is 6.01 Å². The van der Waals surface area contributed by atoms with E-state index in [2.05, 4.69) is 25.6 Å². The molecule has 1 aromatic heterocycles. The standard InChI is InChI=1S/C9H17N5O2S/c1-4-10-7-12-8(11-5-6-17(3)15)14-9(13-7)16-2/h4-6H2,1-3H3,(H2,10,11,12,13,14). The Hall–Kier alpha value is -1.44. The summed E-state index contributed by atoms with van der Waals surface area (Å²) >= 11 is 0. The summed E-state index contributed by atoms with van der Waals surface area (Å²) in [7, 11) is 0.660. The predicted octanol–water partition coefficient (Wildman–Crippen LogP) is 0.102. The Kier molecular flexibility index (Phi) is 5.61. The van der Waals surface area contributed by atoms with Gasteiger partial charge < -0.3 is 15.4 Å². The van der Waals surface area contributed by atoms with Crippen LogP contribution in [0.25, 0.3) is 0 Å². The molecule has 0 fully saturated rings. The van der Waals surface area contributed by atoms with E-state index in [0.29, 0.717) is 30.7 Å². The molecular formula is C9H17N5O2S. The van der Waals surface area contributed by atoms with Crippen molar-refractivity contribution in [3.63, 3.8) is 0 Å². The van der Waals surface area contributed by atoms with Crippen molar-refractivity contribution in [2.45, 2.75) is 6.92 Å². The van der Waals surface area contributed by atoms with Gasteiger partial charge in [0.2, 0.25) is 11.9 Å². The highest BCUT2D eigenvalue weighted by Crippen LogP contribution is 2.10. The smallest absolute Gasteiger partial charge is 0.322 e. The van der Waals surface area contributed by atoms with Crippen LogP contribution in [0.2, 0.25) is 0 Å². The third-order valence-corrected chi connectivity index (χ3v) is 2.58. The van der Waals surface area contributed by atoms with E-state index in [4.69, 9.17) is 4.74 Å². The van der Waals surface area contributed by atoms with Gasteiger partial charge in [-0.1, -0.05) is 0 Å². The number of anilines is 2. The first-order valence-electron chi connectivity index (χ1n) is 5.23. The summed E-state index contributed by atoms with van der Waals surface area (Å²) in [5.74, 6) is 1.42. The number of nitrogens with zero attached hydrogens (tertiary/aromatic N) is 3. The lowest BCUT2D eigenvalue weighted by Crippen LogP contribution is -2.14. The number of hydrogen-bond donors (Lipinski definition) is 2. The minimum absolute atomic E-state index is 0.246. The van der Waals surface area contributed by atoms with Crippen LogP contribution in [0.4, 0.5) is 11.9 Å². The molecule has 0 saturated heterocycles. The average molecular weight is 259 g/mol. The van der Waals surface area contributed by atoms with Gasteiger partial charge in [-0.15, -0.1) is 0 Å². The molecule has 0 amide bonds. The second-order valence-electron chi connectivity index (χ2n) is 3.20. The van der Waals surface area contributed by atoms with E-state index in [1.54, 1.807) is 6.26 Å². The lowest BCUT2D eigenvalue weighted by molar-refractivity contribution is 0.379. The second-order valence-corrected chi connectivity index (χ2v) is 4.76. The molecule has 0 aromatic carbocycles. The fourth-order valence-electron chi connectivity index (χ4n) is 1.07.